The minimum atomic E-state index is -4.24. The van der Waals surface area contributed by atoms with E-state index in [0.717, 1.165) is 48.9 Å². The number of halogens is 4. The summed E-state index contributed by atoms with van der Waals surface area (Å²) in [6.45, 7) is 6.34. The molecule has 2 aromatic rings. The Kier molecular flexibility index (Phi) is 12.4. The highest BCUT2D eigenvalue weighted by Gasteiger charge is 2.48. The number of rotatable bonds is 4. The fourth-order valence-corrected chi connectivity index (χ4v) is 9.82. The molecule has 1 saturated carbocycles. The Balaban J connectivity index is 1.35. The molecule has 4 aliphatic rings. The highest BCUT2D eigenvalue weighted by atomic mass is 35.5. The molecule has 14 heteroatoms. The molecule has 2 bridgehead atoms. The Labute approximate surface area is 316 Å². The van der Waals surface area contributed by atoms with Crippen molar-refractivity contribution in [3.63, 3.8) is 0 Å². The van der Waals surface area contributed by atoms with Crippen molar-refractivity contribution in [3.05, 3.63) is 70.3 Å². The molecule has 0 radical (unpaired) electrons. The standard InChI is InChI=1S/C39H52ClF3N4O5S/c1-27-7-6-15-38(51-3,25-45-17-19-46(20-18-45)26-39(41,42)43)34-13-10-31(34)23-47-16-5-4-8-29-21-33(40)12-9-32(29)24-52-36-14-11-30(22-35(36)47)37(48)44-53(49,50)28(27)2/h6,9,11-12,14-15,21-22,27-28,31,34H,4-5,7-8,10,13,16-20,23-26H2,1-3H3,(H,44,48)/b15-6+/t27-,28+,31-,34+,38+/m0/s1. The van der Waals surface area contributed by atoms with Crippen LogP contribution in [0.2, 0.25) is 5.02 Å². The van der Waals surface area contributed by atoms with Crippen molar-refractivity contribution < 1.29 is 35.9 Å². The molecule has 3 heterocycles. The summed E-state index contributed by atoms with van der Waals surface area (Å²) in [6, 6.07) is 11.0. The van der Waals surface area contributed by atoms with E-state index in [0.29, 0.717) is 69.6 Å². The SMILES string of the molecule is CO[C@@]1(CN2CCN(CC(F)(F)F)CC2)/C=C/C[C@H](C)[C@@H](C)S(=O)(=O)NC(=O)c2ccc3c(c2)N(CCCCc2cc(Cl)ccc2CO3)C[C@@H]2CC[C@H]21. The van der Waals surface area contributed by atoms with Crippen molar-refractivity contribution in [1.29, 1.82) is 0 Å². The van der Waals surface area contributed by atoms with Gasteiger partial charge in [-0.1, -0.05) is 36.7 Å². The lowest BCUT2D eigenvalue weighted by atomic mass is 9.63. The number of fused-ring (bicyclic) bond motifs is 3. The van der Waals surface area contributed by atoms with Gasteiger partial charge in [-0.3, -0.25) is 14.6 Å². The number of ether oxygens (including phenoxy) is 2. The van der Waals surface area contributed by atoms with Gasteiger partial charge in [-0.15, -0.1) is 0 Å². The average molecular weight is 781 g/mol. The Hall–Kier alpha value is -2.84. The third-order valence-corrected chi connectivity index (χ3v) is 14.0. The van der Waals surface area contributed by atoms with E-state index in [1.165, 1.54) is 4.90 Å². The van der Waals surface area contributed by atoms with E-state index < -0.39 is 39.5 Å². The van der Waals surface area contributed by atoms with Crippen LogP contribution in [-0.4, -0.2) is 101 Å². The molecule has 53 heavy (non-hydrogen) atoms. The van der Waals surface area contributed by atoms with E-state index in [1.54, 1.807) is 32.2 Å². The Bertz CT molecular complexity index is 1750. The average Bonchev–Trinajstić information content (AvgIpc) is 3.12. The number of carbonyl (C=O) groups excluding carboxylic acids is 1. The second kappa shape index (κ2) is 16.5. The second-order valence-corrected chi connectivity index (χ2v) is 17.8. The smallest absolute Gasteiger partial charge is 0.401 e. The van der Waals surface area contributed by atoms with E-state index in [9.17, 15) is 26.4 Å². The second-order valence-electron chi connectivity index (χ2n) is 15.4. The van der Waals surface area contributed by atoms with Crippen LogP contribution >= 0.6 is 11.6 Å². The number of carbonyl (C=O) groups is 1. The summed E-state index contributed by atoms with van der Waals surface area (Å²) in [7, 11) is -2.33. The molecule has 1 aliphatic carbocycles. The predicted molar refractivity (Wildman–Crippen MR) is 201 cm³/mol. The highest BCUT2D eigenvalue weighted by molar-refractivity contribution is 7.90. The normalized spacial score (nSPS) is 29.7. The van der Waals surface area contributed by atoms with Crippen molar-refractivity contribution in [3.8, 4) is 5.75 Å². The van der Waals surface area contributed by atoms with Crippen molar-refractivity contribution in [1.82, 2.24) is 14.5 Å². The van der Waals surface area contributed by atoms with E-state index in [1.807, 2.05) is 31.2 Å². The number of amides is 1. The molecule has 2 aromatic carbocycles. The Morgan fingerprint density at radius 2 is 1.75 bits per heavy atom. The molecule has 1 N–H and O–H groups in total. The van der Waals surface area contributed by atoms with Crippen molar-refractivity contribution in [2.45, 2.75) is 76.0 Å². The molecule has 3 aliphatic heterocycles. The molecule has 6 rings (SSSR count). The number of alkyl halides is 3. The topological polar surface area (TPSA) is 91.4 Å². The summed E-state index contributed by atoms with van der Waals surface area (Å²) in [5, 5.41) is -0.193. The number of hydrogen-bond donors (Lipinski definition) is 1. The molecule has 2 fully saturated rings. The van der Waals surface area contributed by atoms with Crippen molar-refractivity contribution >= 4 is 33.2 Å². The van der Waals surface area contributed by atoms with Gasteiger partial charge in [0.15, 0.2) is 0 Å². The van der Waals surface area contributed by atoms with Crippen LogP contribution in [0.15, 0.2) is 48.6 Å². The molecule has 0 aromatic heterocycles. The van der Waals surface area contributed by atoms with Crippen LogP contribution in [0.1, 0.15) is 67.4 Å². The van der Waals surface area contributed by atoms with E-state index in [2.05, 4.69) is 20.6 Å². The Morgan fingerprint density at radius 1 is 1.00 bits per heavy atom. The van der Waals surface area contributed by atoms with Gasteiger partial charge in [0.1, 0.15) is 18.0 Å². The summed E-state index contributed by atoms with van der Waals surface area (Å²) < 4.78 is 81.8. The first-order valence-electron chi connectivity index (χ1n) is 18.8. The molecule has 1 saturated heterocycles. The van der Waals surface area contributed by atoms with Gasteiger partial charge in [0, 0.05) is 63.5 Å². The zero-order valence-electron chi connectivity index (χ0n) is 30.8. The summed E-state index contributed by atoms with van der Waals surface area (Å²) in [5.74, 6) is -0.0973. The number of allylic oxidation sites excluding steroid dienone is 1. The van der Waals surface area contributed by atoms with Crippen molar-refractivity contribution in [2.24, 2.45) is 17.8 Å². The summed E-state index contributed by atoms with van der Waals surface area (Å²) >= 11 is 6.37. The number of nitrogens with zero attached hydrogens (tertiary/aromatic N) is 3. The number of nitrogens with one attached hydrogen (secondary N) is 1. The number of aryl methyl sites for hydroxylation is 1. The van der Waals surface area contributed by atoms with Gasteiger partial charge in [-0.25, -0.2) is 13.1 Å². The van der Waals surface area contributed by atoms with Crippen LogP contribution in [0.4, 0.5) is 18.9 Å². The van der Waals surface area contributed by atoms with Crippen molar-refractivity contribution in [2.75, 3.05) is 64.4 Å². The molecule has 1 amide bonds. The number of hydrogen-bond acceptors (Lipinski definition) is 8. The van der Waals surface area contributed by atoms with Crippen LogP contribution in [0.3, 0.4) is 0 Å². The van der Waals surface area contributed by atoms with Gasteiger partial charge in [-0.05, 0) is 105 Å². The number of benzene rings is 2. The zero-order chi connectivity index (χ0) is 38.0. The van der Waals surface area contributed by atoms with E-state index in [-0.39, 0.29) is 23.3 Å². The third kappa shape index (κ3) is 9.52. The molecular weight excluding hydrogens is 729 g/mol. The fourth-order valence-electron chi connectivity index (χ4n) is 8.34. The van der Waals surface area contributed by atoms with Crippen LogP contribution < -0.4 is 14.4 Å². The first kappa shape index (κ1) is 39.8. The summed E-state index contributed by atoms with van der Waals surface area (Å²) in [6.07, 6.45) is 4.76. The molecule has 292 valence electrons. The quantitative estimate of drug-likeness (QED) is 0.344. The van der Waals surface area contributed by atoms with Gasteiger partial charge in [0.25, 0.3) is 5.91 Å². The Morgan fingerprint density at radius 3 is 2.45 bits per heavy atom. The summed E-state index contributed by atoms with van der Waals surface area (Å²) in [5.41, 5.74) is 2.40. The summed E-state index contributed by atoms with van der Waals surface area (Å²) in [4.78, 5) is 19.5. The molecule has 0 spiro atoms. The lowest BCUT2D eigenvalue weighted by molar-refractivity contribution is -0.151. The molecule has 0 unspecified atom stereocenters. The lowest BCUT2D eigenvalue weighted by Crippen LogP contribution is -2.59. The number of sulfonamides is 1. The van der Waals surface area contributed by atoms with Gasteiger partial charge < -0.3 is 14.4 Å². The first-order chi connectivity index (χ1) is 25.2. The van der Waals surface area contributed by atoms with Gasteiger partial charge in [0.05, 0.1) is 17.5 Å². The van der Waals surface area contributed by atoms with Gasteiger partial charge >= 0.3 is 6.18 Å². The fraction of sp³-hybridized carbons (Fsp3) is 0.615. The molecule has 5 atom stereocenters. The van der Waals surface area contributed by atoms with Crippen LogP contribution in [-0.2, 0) is 27.8 Å². The highest BCUT2D eigenvalue weighted by Crippen LogP contribution is 2.47. The number of piperazine rings is 1. The first-order valence-corrected chi connectivity index (χ1v) is 20.7. The monoisotopic (exact) mass is 780 g/mol. The largest absolute Gasteiger partial charge is 0.487 e. The number of anilines is 1. The van der Waals surface area contributed by atoms with E-state index in [4.69, 9.17) is 21.1 Å². The maximum absolute atomic E-state index is 13.6. The van der Waals surface area contributed by atoms with Crippen LogP contribution in [0, 0.1) is 17.8 Å². The minimum absolute atomic E-state index is 0.0988. The van der Waals surface area contributed by atoms with Gasteiger partial charge in [0.2, 0.25) is 10.0 Å². The van der Waals surface area contributed by atoms with Crippen LogP contribution in [0.5, 0.6) is 5.75 Å². The lowest BCUT2D eigenvalue weighted by Gasteiger charge is -2.52. The zero-order valence-corrected chi connectivity index (χ0v) is 32.4. The predicted octanol–water partition coefficient (Wildman–Crippen LogP) is 6.70. The maximum Gasteiger partial charge on any atom is 0.401 e. The third-order valence-electron chi connectivity index (χ3n) is 11.9. The molecule has 9 nitrogen and oxygen atoms in total. The molecular formula is C39H52ClF3N4O5S. The minimum Gasteiger partial charge on any atom is -0.487 e. The maximum atomic E-state index is 13.6. The van der Waals surface area contributed by atoms with Crippen LogP contribution in [0.25, 0.3) is 0 Å². The van der Waals surface area contributed by atoms with Gasteiger partial charge in [-0.2, -0.15) is 13.2 Å². The number of methoxy groups -OCH3 is 1. The van der Waals surface area contributed by atoms with E-state index >= 15 is 0 Å².